The summed E-state index contributed by atoms with van der Waals surface area (Å²) in [6.45, 7) is 4.40. The second kappa shape index (κ2) is 11.4. The number of rotatable bonds is 9. The van der Waals surface area contributed by atoms with Crippen LogP contribution in [0.1, 0.15) is 39.3 Å². The molecule has 0 unspecified atom stereocenters. The predicted molar refractivity (Wildman–Crippen MR) is 143 cm³/mol. The zero-order chi connectivity index (χ0) is 27.4. The van der Waals surface area contributed by atoms with Crippen LogP contribution in [0.5, 0.6) is 11.5 Å². The van der Waals surface area contributed by atoms with Crippen molar-refractivity contribution in [2.75, 3.05) is 27.4 Å². The Morgan fingerprint density at radius 1 is 1.00 bits per heavy atom. The zero-order valence-electron chi connectivity index (χ0n) is 21.4. The van der Waals surface area contributed by atoms with Crippen molar-refractivity contribution in [1.82, 2.24) is 5.32 Å². The molecule has 5 nitrogen and oxygen atoms in total. The second-order valence-electron chi connectivity index (χ2n) is 8.80. The predicted octanol–water partition coefficient (Wildman–Crippen LogP) is 7.42. The highest BCUT2D eigenvalue weighted by atomic mass is 32.1. The van der Waals surface area contributed by atoms with Crippen LogP contribution in [0, 0.1) is 6.92 Å². The molecule has 0 aliphatic carbocycles. The fraction of sp³-hybridized carbons (Fsp3) is 0.276. The smallest absolute Gasteiger partial charge is 0.416 e. The fourth-order valence-corrected chi connectivity index (χ4v) is 5.28. The largest absolute Gasteiger partial charge is 0.497 e. The van der Waals surface area contributed by atoms with Crippen molar-refractivity contribution >= 4 is 27.4 Å². The Kier molecular flexibility index (Phi) is 8.28. The number of benzene rings is 3. The van der Waals surface area contributed by atoms with Crippen LogP contribution in [0.4, 0.5) is 13.2 Å². The molecule has 4 rings (SSSR count). The summed E-state index contributed by atoms with van der Waals surface area (Å²) >= 11 is 1.29. The molecule has 38 heavy (non-hydrogen) atoms. The maximum Gasteiger partial charge on any atom is 0.416 e. The molecule has 0 saturated heterocycles. The Morgan fingerprint density at radius 3 is 2.50 bits per heavy atom. The van der Waals surface area contributed by atoms with Crippen molar-refractivity contribution in [2.24, 2.45) is 0 Å². The molecule has 0 radical (unpaired) electrons. The number of fused-ring (bicyclic) bond motifs is 1. The minimum atomic E-state index is -4.53. The van der Waals surface area contributed by atoms with Gasteiger partial charge in [-0.3, -0.25) is 0 Å². The summed E-state index contributed by atoms with van der Waals surface area (Å²) < 4.78 is 57.9. The van der Waals surface area contributed by atoms with E-state index in [1.54, 1.807) is 38.3 Å². The minimum absolute atomic E-state index is 0.00114. The molecule has 4 aromatic rings. The minimum Gasteiger partial charge on any atom is -0.497 e. The number of thiophene rings is 1. The summed E-state index contributed by atoms with van der Waals surface area (Å²) in [6.07, 6.45) is -4.53. The van der Waals surface area contributed by atoms with E-state index in [4.69, 9.17) is 14.2 Å². The van der Waals surface area contributed by atoms with Gasteiger partial charge in [0.05, 0.1) is 19.8 Å². The lowest BCUT2D eigenvalue weighted by Crippen LogP contribution is -2.24. The first-order valence-corrected chi connectivity index (χ1v) is 12.8. The van der Waals surface area contributed by atoms with E-state index in [1.165, 1.54) is 18.4 Å². The summed E-state index contributed by atoms with van der Waals surface area (Å²) in [5, 5.41) is 4.11. The lowest BCUT2D eigenvalue weighted by Gasteiger charge is -2.17. The highest BCUT2D eigenvalue weighted by Gasteiger charge is 2.31. The van der Waals surface area contributed by atoms with Crippen LogP contribution in [0.25, 0.3) is 21.2 Å². The summed E-state index contributed by atoms with van der Waals surface area (Å²) in [6, 6.07) is 16.7. The molecule has 0 fully saturated rings. The third-order valence-corrected chi connectivity index (χ3v) is 7.54. The number of hydrogen-bond donors (Lipinski definition) is 1. The van der Waals surface area contributed by atoms with E-state index in [0.717, 1.165) is 39.1 Å². The lowest BCUT2D eigenvalue weighted by molar-refractivity contribution is -0.137. The van der Waals surface area contributed by atoms with E-state index in [0.29, 0.717) is 22.5 Å². The highest BCUT2D eigenvalue weighted by Crippen LogP contribution is 2.38. The molecular weight excluding hydrogens is 515 g/mol. The van der Waals surface area contributed by atoms with E-state index in [1.807, 2.05) is 31.2 Å². The molecule has 1 atom stereocenters. The van der Waals surface area contributed by atoms with Gasteiger partial charge in [0.15, 0.2) is 0 Å². The number of nitrogens with one attached hydrogen (secondary N) is 1. The Hall–Kier alpha value is -3.56. The Labute approximate surface area is 223 Å². The van der Waals surface area contributed by atoms with Gasteiger partial charge in [0, 0.05) is 17.3 Å². The monoisotopic (exact) mass is 543 g/mol. The number of carbonyl (C=O) groups excluding carboxylic acids is 1. The number of hydrogen-bond acceptors (Lipinski definition) is 6. The first-order valence-electron chi connectivity index (χ1n) is 11.9. The van der Waals surface area contributed by atoms with Crippen LogP contribution in [-0.4, -0.2) is 33.3 Å². The molecule has 0 aliphatic heterocycles. The van der Waals surface area contributed by atoms with Gasteiger partial charge < -0.3 is 19.5 Å². The van der Waals surface area contributed by atoms with Crippen molar-refractivity contribution in [2.45, 2.75) is 26.1 Å². The molecule has 9 heteroatoms. The average molecular weight is 544 g/mol. The van der Waals surface area contributed by atoms with Crippen LogP contribution < -0.4 is 14.8 Å². The van der Waals surface area contributed by atoms with Crippen LogP contribution in [0.2, 0.25) is 0 Å². The third-order valence-electron chi connectivity index (χ3n) is 6.29. The molecule has 200 valence electrons. The van der Waals surface area contributed by atoms with Crippen molar-refractivity contribution < 1.29 is 32.2 Å². The van der Waals surface area contributed by atoms with Crippen LogP contribution in [-0.2, 0) is 10.9 Å². The molecule has 0 spiro atoms. The summed E-state index contributed by atoms with van der Waals surface area (Å²) in [5.74, 6) is 0.443. The van der Waals surface area contributed by atoms with E-state index in [2.05, 4.69) is 5.32 Å². The fourth-order valence-electron chi connectivity index (χ4n) is 4.17. The number of halogens is 3. The van der Waals surface area contributed by atoms with Gasteiger partial charge in [-0.2, -0.15) is 13.2 Å². The van der Waals surface area contributed by atoms with Gasteiger partial charge in [0.25, 0.3) is 0 Å². The summed E-state index contributed by atoms with van der Waals surface area (Å²) in [7, 11) is 2.92. The van der Waals surface area contributed by atoms with Gasteiger partial charge in [0.1, 0.15) is 23.0 Å². The van der Waals surface area contributed by atoms with Gasteiger partial charge in [-0.1, -0.05) is 18.2 Å². The first-order chi connectivity index (χ1) is 18.1. The third kappa shape index (κ3) is 6.11. The second-order valence-corrected chi connectivity index (χ2v) is 9.86. The molecule has 0 bridgehead atoms. The number of alkyl halides is 3. The Bertz CT molecular complexity index is 1450. The molecule has 1 heterocycles. The molecular formula is C29H28F3NO4S. The quantitative estimate of drug-likeness (QED) is 0.176. The average Bonchev–Trinajstić information content (AvgIpc) is 3.25. The van der Waals surface area contributed by atoms with Crippen molar-refractivity contribution in [3.8, 4) is 22.6 Å². The number of ether oxygens (including phenoxy) is 3. The summed E-state index contributed by atoms with van der Waals surface area (Å²) in [4.78, 5) is 12.5. The molecule has 1 aromatic heterocycles. The normalized spacial score (nSPS) is 12.4. The van der Waals surface area contributed by atoms with Crippen LogP contribution in [0.15, 0.2) is 60.7 Å². The van der Waals surface area contributed by atoms with Gasteiger partial charge in [0.2, 0.25) is 0 Å². The number of esters is 1. The zero-order valence-corrected chi connectivity index (χ0v) is 22.3. The van der Waals surface area contributed by atoms with Gasteiger partial charge in [-0.05, 0) is 84.0 Å². The Morgan fingerprint density at radius 2 is 1.79 bits per heavy atom. The van der Waals surface area contributed by atoms with E-state index >= 15 is 0 Å². The first kappa shape index (κ1) is 27.5. The maximum atomic E-state index is 13.7. The van der Waals surface area contributed by atoms with Crippen LogP contribution in [0.3, 0.4) is 0 Å². The number of aryl methyl sites for hydroxylation is 1. The molecule has 0 saturated carbocycles. The van der Waals surface area contributed by atoms with E-state index in [9.17, 15) is 18.0 Å². The van der Waals surface area contributed by atoms with Crippen LogP contribution >= 0.6 is 11.3 Å². The lowest BCUT2D eigenvalue weighted by atomic mass is 10.00. The topological polar surface area (TPSA) is 56.8 Å². The molecule has 3 aromatic carbocycles. The van der Waals surface area contributed by atoms with Gasteiger partial charge in [-0.25, -0.2) is 4.79 Å². The van der Waals surface area contributed by atoms with Gasteiger partial charge in [-0.15, -0.1) is 11.3 Å². The SMILES string of the molecule is COC(=O)c1sc2ccc(-c3cc(OCCN[C@H](C)c4cccc(OC)c4)cc(C(F)(F)F)c3)cc2c1C. The standard InChI is InChI=1S/C29H28F3NO4S/c1-17-25-15-20(8-9-26(25)38-27(17)28(34)36-4)21-12-22(29(30,31)32)16-24(14-21)37-11-10-33-18(2)19-6-5-7-23(13-19)35-3/h5-9,12-16,18,33H,10-11H2,1-4H3/t18-/m1/s1. The van der Waals surface area contributed by atoms with Crippen molar-refractivity contribution in [3.63, 3.8) is 0 Å². The van der Waals surface area contributed by atoms with Gasteiger partial charge >= 0.3 is 12.1 Å². The van der Waals surface area contributed by atoms with Crippen molar-refractivity contribution in [3.05, 3.63) is 82.2 Å². The highest BCUT2D eigenvalue weighted by molar-refractivity contribution is 7.21. The molecule has 0 aliphatic rings. The Balaban J connectivity index is 1.54. The number of methoxy groups -OCH3 is 2. The van der Waals surface area contributed by atoms with E-state index in [-0.39, 0.29) is 18.4 Å². The maximum absolute atomic E-state index is 13.7. The summed E-state index contributed by atoms with van der Waals surface area (Å²) in [5.41, 5.74) is 1.94. The number of carbonyl (C=O) groups is 1. The van der Waals surface area contributed by atoms with E-state index < -0.39 is 17.7 Å². The molecule has 1 N–H and O–H groups in total. The molecule has 0 amide bonds. The van der Waals surface area contributed by atoms with Crippen molar-refractivity contribution in [1.29, 1.82) is 0 Å².